The van der Waals surface area contributed by atoms with Crippen molar-refractivity contribution in [2.45, 2.75) is 0 Å². The van der Waals surface area contributed by atoms with Crippen molar-refractivity contribution in [3.63, 3.8) is 0 Å². The van der Waals surface area contributed by atoms with Crippen LogP contribution in [0.15, 0.2) is 12.3 Å². The van der Waals surface area contributed by atoms with Crippen LogP contribution in [0.1, 0.15) is 0 Å². The molecule has 0 saturated heterocycles. The number of nitrogens with zero attached hydrogens (tertiary/aromatic N) is 2. The van der Waals surface area contributed by atoms with Crippen LogP contribution in [0.5, 0.6) is 5.75 Å². The van der Waals surface area contributed by atoms with Gasteiger partial charge in [-0.3, -0.25) is 0 Å². The number of aromatic nitrogens is 1. The first kappa shape index (κ1) is 12.5. The molecule has 92 valence electrons. The lowest BCUT2D eigenvalue weighted by atomic mass is 10.4. The summed E-state index contributed by atoms with van der Waals surface area (Å²) in [6, 6.07) is 1.48. The Kier molecular flexibility index (Phi) is 3.24. The minimum Gasteiger partial charge on any atom is -0.469 e. The molecule has 2 N–H and O–H groups in total. The van der Waals surface area contributed by atoms with E-state index in [4.69, 9.17) is 26.1 Å². The van der Waals surface area contributed by atoms with Gasteiger partial charge < -0.3 is 19.0 Å². The number of hydrogen-bond donors (Lipinski definition) is 2. The number of anilines is 1. The summed E-state index contributed by atoms with van der Waals surface area (Å²) in [5.41, 5.74) is 0. The van der Waals surface area contributed by atoms with E-state index in [1.807, 2.05) is 0 Å². The van der Waals surface area contributed by atoms with E-state index in [-0.39, 0.29) is 12.5 Å². The molecule has 0 atom stereocenters. The van der Waals surface area contributed by atoms with Crippen LogP contribution in [0.2, 0.25) is 5.02 Å². The van der Waals surface area contributed by atoms with Gasteiger partial charge in [-0.2, -0.15) is 0 Å². The lowest BCUT2D eigenvalue weighted by Gasteiger charge is -2.15. The summed E-state index contributed by atoms with van der Waals surface area (Å²) in [5.74, 6) is 0.487. The van der Waals surface area contributed by atoms with Gasteiger partial charge in [0.25, 0.3) is 0 Å². The Morgan fingerprint density at radius 1 is 1.71 bits per heavy atom. The molecule has 1 aromatic heterocycles. The molecule has 2 heterocycles. The lowest BCUT2D eigenvalue weighted by Crippen LogP contribution is -2.30. The third-order valence-electron chi connectivity index (χ3n) is 1.82. The Labute approximate surface area is 106 Å². The fourth-order valence-electron chi connectivity index (χ4n) is 1.21. The number of ether oxygens (including phenoxy) is 1. The Morgan fingerprint density at radius 2 is 2.41 bits per heavy atom. The van der Waals surface area contributed by atoms with E-state index in [1.54, 1.807) is 0 Å². The molecule has 0 saturated carbocycles. The zero-order valence-electron chi connectivity index (χ0n) is 8.11. The largest absolute Gasteiger partial charge is 0.469 e. The lowest BCUT2D eigenvalue weighted by molar-refractivity contribution is 0.194. The van der Waals surface area contributed by atoms with Gasteiger partial charge in [0.2, 0.25) is 0 Å². The van der Waals surface area contributed by atoms with Crippen LogP contribution in [0.3, 0.4) is 0 Å². The summed E-state index contributed by atoms with van der Waals surface area (Å²) in [5, 5.41) is 0.355. The highest BCUT2D eigenvalue weighted by Crippen LogP contribution is 2.40. The molecule has 0 aliphatic carbocycles. The maximum atomic E-state index is 11.5. The highest BCUT2D eigenvalue weighted by molar-refractivity contribution is 8.06. The zero-order valence-corrected chi connectivity index (χ0v) is 10.6. The SMILES string of the molecule is O=C(OP(O)(O)=S)N1COc2cc(Cl)cnc21. The number of carbonyl (C=O) groups is 1. The van der Waals surface area contributed by atoms with Crippen LogP contribution < -0.4 is 9.64 Å². The van der Waals surface area contributed by atoms with Crippen molar-refractivity contribution in [3.05, 3.63) is 17.3 Å². The van der Waals surface area contributed by atoms with Crippen molar-refractivity contribution in [1.82, 2.24) is 4.98 Å². The molecule has 1 aliphatic heterocycles. The van der Waals surface area contributed by atoms with E-state index >= 15 is 0 Å². The minimum atomic E-state index is -4.06. The maximum Gasteiger partial charge on any atom is 0.424 e. The molecule has 17 heavy (non-hydrogen) atoms. The second-order valence-corrected chi connectivity index (χ2v) is 6.05. The predicted octanol–water partition coefficient (Wildman–Crippen LogP) is 1.24. The quantitative estimate of drug-likeness (QED) is 0.753. The van der Waals surface area contributed by atoms with Crippen molar-refractivity contribution >= 4 is 42.0 Å². The second kappa shape index (κ2) is 4.40. The summed E-state index contributed by atoms with van der Waals surface area (Å²) >= 11 is 9.87. The van der Waals surface area contributed by atoms with Gasteiger partial charge >= 0.3 is 12.8 Å². The molecule has 0 spiro atoms. The highest BCUT2D eigenvalue weighted by atomic mass is 35.5. The first-order valence-corrected chi connectivity index (χ1v) is 7.22. The van der Waals surface area contributed by atoms with Crippen LogP contribution >= 0.6 is 18.3 Å². The van der Waals surface area contributed by atoms with Crippen molar-refractivity contribution in [2.75, 3.05) is 11.6 Å². The van der Waals surface area contributed by atoms with E-state index in [1.165, 1.54) is 12.3 Å². The molecular formula is C7H6ClN2O5PS. The second-order valence-electron chi connectivity index (χ2n) is 3.02. The van der Waals surface area contributed by atoms with Crippen LogP contribution in [0, 0.1) is 0 Å². The number of pyridine rings is 1. The normalized spacial score (nSPS) is 14.2. The van der Waals surface area contributed by atoms with Gasteiger partial charge in [0.15, 0.2) is 18.3 Å². The summed E-state index contributed by atoms with van der Waals surface area (Å²) < 4.78 is 9.40. The summed E-state index contributed by atoms with van der Waals surface area (Å²) in [6.07, 6.45) is 0.287. The molecule has 0 fully saturated rings. The smallest absolute Gasteiger partial charge is 0.424 e. The van der Waals surface area contributed by atoms with Crippen molar-refractivity contribution < 1.29 is 23.8 Å². The van der Waals surface area contributed by atoms with Gasteiger partial charge in [-0.1, -0.05) is 11.6 Å². The third-order valence-corrected chi connectivity index (χ3v) is 2.65. The number of halogens is 1. The Bertz CT molecular complexity index is 521. The molecule has 0 unspecified atom stereocenters. The maximum absolute atomic E-state index is 11.5. The number of hydrogen-bond acceptors (Lipinski definition) is 5. The Morgan fingerprint density at radius 3 is 3.06 bits per heavy atom. The average molecular weight is 297 g/mol. The van der Waals surface area contributed by atoms with Crippen molar-refractivity contribution in [2.24, 2.45) is 0 Å². The first-order chi connectivity index (χ1) is 7.87. The number of fused-ring (bicyclic) bond motifs is 1. The summed E-state index contributed by atoms with van der Waals surface area (Å²) in [4.78, 5) is 34.1. The summed E-state index contributed by atoms with van der Waals surface area (Å²) in [7, 11) is 0. The fourth-order valence-corrected chi connectivity index (χ4v) is 1.85. The van der Waals surface area contributed by atoms with E-state index in [2.05, 4.69) is 21.3 Å². The van der Waals surface area contributed by atoms with Gasteiger partial charge in [-0.15, -0.1) is 0 Å². The fraction of sp³-hybridized carbons (Fsp3) is 0.143. The molecule has 1 aliphatic rings. The van der Waals surface area contributed by atoms with Crippen LogP contribution in [0.25, 0.3) is 0 Å². The average Bonchev–Trinajstić information content (AvgIpc) is 2.57. The van der Waals surface area contributed by atoms with Crippen molar-refractivity contribution in [1.29, 1.82) is 0 Å². The number of rotatable bonds is 1. The monoisotopic (exact) mass is 296 g/mol. The highest BCUT2D eigenvalue weighted by Gasteiger charge is 2.31. The van der Waals surface area contributed by atoms with Gasteiger partial charge in [0.1, 0.15) is 0 Å². The number of carbonyl (C=O) groups excluding carboxylic acids is 1. The zero-order chi connectivity index (χ0) is 12.6. The van der Waals surface area contributed by atoms with Crippen molar-refractivity contribution in [3.8, 4) is 5.75 Å². The van der Waals surface area contributed by atoms with Gasteiger partial charge in [-0.05, 0) is 0 Å². The standard InChI is InChI=1S/C7H6ClN2O5PS/c8-4-1-5-6(9-2-4)10(3-14-5)7(11)15-16(12,13)17/h1-2H,3H2,(H2,12,13,17). The van der Waals surface area contributed by atoms with Crippen LogP contribution in [-0.4, -0.2) is 27.6 Å². The molecule has 7 nitrogen and oxygen atoms in total. The molecule has 10 heteroatoms. The van der Waals surface area contributed by atoms with E-state index in [0.717, 1.165) is 4.90 Å². The molecule has 0 radical (unpaired) electrons. The van der Waals surface area contributed by atoms with Crippen LogP contribution in [-0.2, 0) is 16.3 Å². The van der Waals surface area contributed by atoms with E-state index in [0.29, 0.717) is 10.8 Å². The summed E-state index contributed by atoms with van der Waals surface area (Å²) in [6.45, 7) is -4.22. The third kappa shape index (κ3) is 2.85. The molecule has 1 aromatic rings. The topological polar surface area (TPSA) is 92.1 Å². The van der Waals surface area contributed by atoms with Gasteiger partial charge in [-0.25, -0.2) is 14.7 Å². The first-order valence-electron chi connectivity index (χ1n) is 4.22. The molecular weight excluding hydrogens is 291 g/mol. The molecule has 0 bridgehead atoms. The minimum absolute atomic E-state index is 0.156. The van der Waals surface area contributed by atoms with Gasteiger partial charge in [0, 0.05) is 24.1 Å². The Balaban J connectivity index is 2.22. The van der Waals surface area contributed by atoms with Crippen LogP contribution in [0.4, 0.5) is 10.6 Å². The number of amides is 1. The predicted molar refractivity (Wildman–Crippen MR) is 62.4 cm³/mol. The molecule has 2 rings (SSSR count). The van der Waals surface area contributed by atoms with E-state index < -0.39 is 12.8 Å². The molecule has 0 aromatic carbocycles. The van der Waals surface area contributed by atoms with Gasteiger partial charge in [0.05, 0.1) is 5.02 Å². The van der Waals surface area contributed by atoms with E-state index in [9.17, 15) is 4.79 Å². The Hall–Kier alpha value is -0.920. The molecule has 1 amide bonds.